The Hall–Kier alpha value is -0.570. The average molecular weight is 168 g/mol. The van der Waals surface area contributed by atoms with E-state index in [1.807, 2.05) is 0 Å². The van der Waals surface area contributed by atoms with Crippen LogP contribution in [0.4, 0.5) is 0 Å². The van der Waals surface area contributed by atoms with E-state index in [1.54, 1.807) is 0 Å². The molecule has 0 bridgehead atoms. The van der Waals surface area contributed by atoms with Crippen LogP contribution in [0.25, 0.3) is 0 Å². The van der Waals surface area contributed by atoms with E-state index in [0.717, 1.165) is 12.8 Å². The Bertz CT molecular complexity index is 226. The van der Waals surface area contributed by atoms with Crippen LogP contribution in [-0.2, 0) is 14.3 Å². The van der Waals surface area contributed by atoms with Crippen LogP contribution in [0.1, 0.15) is 25.7 Å². The second-order valence-electron chi connectivity index (χ2n) is 3.96. The van der Waals surface area contributed by atoms with Crippen LogP contribution in [0.2, 0.25) is 0 Å². The summed E-state index contributed by atoms with van der Waals surface area (Å²) in [5, 5.41) is 0. The van der Waals surface area contributed by atoms with Gasteiger partial charge in [-0.2, -0.15) is 0 Å². The van der Waals surface area contributed by atoms with Gasteiger partial charge in [0.1, 0.15) is 6.10 Å². The van der Waals surface area contributed by atoms with E-state index >= 15 is 0 Å². The molecule has 0 N–H and O–H groups in total. The van der Waals surface area contributed by atoms with E-state index in [1.165, 1.54) is 12.8 Å². The van der Waals surface area contributed by atoms with Gasteiger partial charge in [-0.05, 0) is 12.8 Å². The van der Waals surface area contributed by atoms with Gasteiger partial charge in [0, 0.05) is 5.92 Å². The van der Waals surface area contributed by atoms with Crippen molar-refractivity contribution in [3.05, 3.63) is 0 Å². The minimum absolute atomic E-state index is 0.0153. The molecule has 3 nitrogen and oxygen atoms in total. The van der Waals surface area contributed by atoms with Crippen molar-refractivity contribution in [1.82, 2.24) is 0 Å². The molecule has 66 valence electrons. The van der Waals surface area contributed by atoms with Crippen LogP contribution < -0.4 is 0 Å². The molecular weight excluding hydrogens is 156 g/mol. The number of fused-ring (bicyclic) bond motifs is 3. The Morgan fingerprint density at radius 2 is 2.08 bits per heavy atom. The summed E-state index contributed by atoms with van der Waals surface area (Å²) < 4.78 is 10.3. The monoisotopic (exact) mass is 168 g/mol. The Balaban J connectivity index is 1.84. The molecule has 0 radical (unpaired) electrons. The van der Waals surface area contributed by atoms with Crippen LogP contribution in [0, 0.1) is 11.8 Å². The lowest BCUT2D eigenvalue weighted by Gasteiger charge is -2.30. The molecule has 0 amide bonds. The molecule has 0 aromatic carbocycles. The maximum Gasteiger partial charge on any atom is 0.311 e. The number of rotatable bonds is 0. The second kappa shape index (κ2) is 2.22. The van der Waals surface area contributed by atoms with Gasteiger partial charge >= 0.3 is 5.97 Å². The molecule has 0 aromatic rings. The molecule has 12 heavy (non-hydrogen) atoms. The average Bonchev–Trinajstić information content (AvgIpc) is 2.84. The summed E-state index contributed by atoms with van der Waals surface area (Å²) in [5.41, 5.74) is 0. The Morgan fingerprint density at radius 3 is 3.00 bits per heavy atom. The van der Waals surface area contributed by atoms with Gasteiger partial charge in [-0.25, -0.2) is 0 Å². The zero-order chi connectivity index (χ0) is 8.13. The number of ether oxygens (including phenoxy) is 2. The van der Waals surface area contributed by atoms with Gasteiger partial charge in [0.05, 0.1) is 5.92 Å². The van der Waals surface area contributed by atoms with Gasteiger partial charge in [0.15, 0.2) is 0 Å². The lowest BCUT2D eigenvalue weighted by Crippen LogP contribution is -2.37. The highest BCUT2D eigenvalue weighted by Crippen LogP contribution is 2.46. The Labute approximate surface area is 71.0 Å². The molecule has 4 unspecified atom stereocenters. The number of hydrogen-bond donors (Lipinski definition) is 0. The summed E-state index contributed by atoms with van der Waals surface area (Å²) in [6.07, 6.45) is 4.68. The summed E-state index contributed by atoms with van der Waals surface area (Å²) in [4.78, 5) is 11.4. The van der Waals surface area contributed by atoms with Crippen LogP contribution in [0.15, 0.2) is 0 Å². The predicted octanol–water partition coefficient (Wildman–Crippen LogP) is 1.07. The molecule has 2 saturated heterocycles. The Morgan fingerprint density at radius 1 is 1.25 bits per heavy atom. The van der Waals surface area contributed by atoms with Gasteiger partial charge < -0.3 is 9.47 Å². The molecule has 1 aliphatic carbocycles. The van der Waals surface area contributed by atoms with E-state index in [2.05, 4.69) is 0 Å². The largest absolute Gasteiger partial charge is 0.433 e. The normalized spacial score (nSPS) is 50.5. The fourth-order valence-corrected chi connectivity index (χ4v) is 2.55. The summed E-state index contributed by atoms with van der Waals surface area (Å²) in [5.74, 6) is 0.617. The highest BCUT2D eigenvalue weighted by Gasteiger charge is 2.57. The van der Waals surface area contributed by atoms with Crippen molar-refractivity contribution in [2.24, 2.45) is 11.8 Å². The minimum atomic E-state index is -0.170. The van der Waals surface area contributed by atoms with Crippen molar-refractivity contribution in [2.45, 2.75) is 38.1 Å². The predicted molar refractivity (Wildman–Crippen MR) is 40.2 cm³/mol. The molecule has 4 atom stereocenters. The van der Waals surface area contributed by atoms with Gasteiger partial charge in [-0.1, -0.05) is 12.8 Å². The van der Waals surface area contributed by atoms with Crippen LogP contribution in [0.3, 0.4) is 0 Å². The van der Waals surface area contributed by atoms with Crippen molar-refractivity contribution in [2.75, 3.05) is 0 Å². The molecule has 2 heterocycles. The molecule has 1 saturated carbocycles. The van der Waals surface area contributed by atoms with Crippen LogP contribution >= 0.6 is 0 Å². The first-order chi connectivity index (χ1) is 5.86. The zero-order valence-electron chi connectivity index (χ0n) is 6.86. The van der Waals surface area contributed by atoms with E-state index < -0.39 is 0 Å². The van der Waals surface area contributed by atoms with Gasteiger partial charge in [-0.3, -0.25) is 4.79 Å². The third kappa shape index (κ3) is 0.829. The van der Waals surface area contributed by atoms with Crippen LogP contribution in [-0.4, -0.2) is 18.4 Å². The number of carbonyl (C=O) groups is 1. The summed E-state index contributed by atoms with van der Waals surface area (Å²) >= 11 is 0. The first-order valence-electron chi connectivity index (χ1n) is 4.72. The molecule has 3 aliphatic rings. The number of epoxide rings is 1. The van der Waals surface area contributed by atoms with Crippen molar-refractivity contribution >= 4 is 5.97 Å². The molecular formula is C9H12O3. The fourth-order valence-electron chi connectivity index (χ4n) is 2.55. The molecule has 3 fully saturated rings. The van der Waals surface area contributed by atoms with Crippen molar-refractivity contribution in [3.8, 4) is 0 Å². The second-order valence-corrected chi connectivity index (χ2v) is 3.96. The van der Waals surface area contributed by atoms with E-state index in [9.17, 15) is 4.79 Å². The highest BCUT2D eigenvalue weighted by atomic mass is 16.8. The topological polar surface area (TPSA) is 38.8 Å². The third-order valence-electron chi connectivity index (χ3n) is 3.26. The zero-order valence-corrected chi connectivity index (χ0v) is 6.86. The molecule has 3 heteroatoms. The fraction of sp³-hybridized carbons (Fsp3) is 0.889. The van der Waals surface area contributed by atoms with Crippen molar-refractivity contribution < 1.29 is 14.3 Å². The maximum absolute atomic E-state index is 11.4. The van der Waals surface area contributed by atoms with E-state index in [-0.39, 0.29) is 24.3 Å². The molecule has 0 aromatic heterocycles. The van der Waals surface area contributed by atoms with Gasteiger partial charge in [0.2, 0.25) is 6.29 Å². The number of esters is 1. The standard InChI is InChI=1S/C9H12O3/c10-8-6-4-2-1-3-5(6)7-9(11-7)12-8/h5-7,9H,1-4H2. The van der Waals surface area contributed by atoms with Gasteiger partial charge in [0.25, 0.3) is 0 Å². The lowest BCUT2D eigenvalue weighted by atomic mass is 9.76. The maximum atomic E-state index is 11.4. The van der Waals surface area contributed by atoms with Crippen molar-refractivity contribution in [3.63, 3.8) is 0 Å². The third-order valence-corrected chi connectivity index (χ3v) is 3.26. The van der Waals surface area contributed by atoms with Gasteiger partial charge in [-0.15, -0.1) is 0 Å². The molecule has 3 rings (SSSR count). The first-order valence-corrected chi connectivity index (χ1v) is 4.72. The molecule has 2 aliphatic heterocycles. The summed E-state index contributed by atoms with van der Waals surface area (Å²) in [7, 11) is 0. The Kier molecular flexibility index (Phi) is 1.28. The molecule has 0 spiro atoms. The summed E-state index contributed by atoms with van der Waals surface area (Å²) in [6, 6.07) is 0. The highest BCUT2D eigenvalue weighted by molar-refractivity contribution is 5.74. The van der Waals surface area contributed by atoms with Crippen molar-refractivity contribution in [1.29, 1.82) is 0 Å². The lowest BCUT2D eigenvalue weighted by molar-refractivity contribution is -0.159. The van der Waals surface area contributed by atoms with E-state index in [0.29, 0.717) is 5.92 Å². The quantitative estimate of drug-likeness (QED) is 0.401. The van der Waals surface area contributed by atoms with Crippen LogP contribution in [0.5, 0.6) is 0 Å². The minimum Gasteiger partial charge on any atom is -0.433 e. The number of hydrogen-bond acceptors (Lipinski definition) is 3. The summed E-state index contributed by atoms with van der Waals surface area (Å²) in [6.45, 7) is 0. The smallest absolute Gasteiger partial charge is 0.311 e. The SMILES string of the molecule is O=C1OC2OC2C2CCCCC12. The first kappa shape index (κ1) is 6.89. The number of carbonyl (C=O) groups excluding carboxylic acids is 1. The van der Waals surface area contributed by atoms with E-state index in [4.69, 9.17) is 9.47 Å².